The smallest absolute Gasteiger partial charge is 0.330 e. The van der Waals surface area contributed by atoms with Crippen molar-refractivity contribution in [2.75, 3.05) is 5.32 Å². The minimum absolute atomic E-state index is 0.107. The minimum atomic E-state index is -1.15. The SMILES string of the molecule is O=C(O)C(Nc1ccccc1F)c1cc(Br)ccc1Cl. The highest BCUT2D eigenvalue weighted by atomic mass is 79.9. The molecule has 2 N–H and O–H groups in total. The van der Waals surface area contributed by atoms with E-state index in [0.717, 1.165) is 0 Å². The van der Waals surface area contributed by atoms with Crippen LogP contribution in [0.5, 0.6) is 0 Å². The van der Waals surface area contributed by atoms with Gasteiger partial charge in [-0.05, 0) is 30.3 Å². The lowest BCUT2D eigenvalue weighted by atomic mass is 10.1. The molecule has 1 atom stereocenters. The van der Waals surface area contributed by atoms with Gasteiger partial charge in [0, 0.05) is 15.1 Å². The summed E-state index contributed by atoms with van der Waals surface area (Å²) in [5.74, 6) is -1.67. The number of aliphatic carboxylic acids is 1. The molecular formula is C14H10BrClFNO2. The second-order valence-electron chi connectivity index (χ2n) is 4.06. The van der Waals surface area contributed by atoms with Gasteiger partial charge in [-0.1, -0.05) is 39.7 Å². The van der Waals surface area contributed by atoms with Crippen LogP contribution in [0, 0.1) is 5.82 Å². The van der Waals surface area contributed by atoms with E-state index >= 15 is 0 Å². The predicted molar refractivity (Wildman–Crippen MR) is 79.6 cm³/mol. The molecule has 2 rings (SSSR count). The van der Waals surface area contributed by atoms with Gasteiger partial charge in [0.2, 0.25) is 0 Å². The Bertz CT molecular complexity index is 651. The fourth-order valence-corrected chi connectivity index (χ4v) is 2.35. The van der Waals surface area contributed by atoms with Gasteiger partial charge in [0.05, 0.1) is 5.69 Å². The quantitative estimate of drug-likeness (QED) is 0.847. The molecule has 1 unspecified atom stereocenters. The number of anilines is 1. The standard InChI is InChI=1S/C14H10BrClFNO2/c15-8-5-6-10(16)9(7-8)13(14(19)20)18-12-4-2-1-3-11(12)17/h1-7,13,18H,(H,19,20). The third kappa shape index (κ3) is 3.29. The molecule has 0 bridgehead atoms. The van der Waals surface area contributed by atoms with Crippen LogP contribution in [0.25, 0.3) is 0 Å². The minimum Gasteiger partial charge on any atom is -0.479 e. The third-order valence-electron chi connectivity index (χ3n) is 2.69. The molecule has 6 heteroatoms. The van der Waals surface area contributed by atoms with E-state index in [9.17, 15) is 14.3 Å². The normalized spacial score (nSPS) is 11.9. The number of hydrogen-bond donors (Lipinski definition) is 2. The average Bonchev–Trinajstić information content (AvgIpc) is 2.40. The van der Waals surface area contributed by atoms with E-state index in [1.165, 1.54) is 18.2 Å². The first-order chi connectivity index (χ1) is 9.49. The number of rotatable bonds is 4. The van der Waals surface area contributed by atoms with Gasteiger partial charge in [-0.2, -0.15) is 0 Å². The number of carboxylic acid groups (broad SMARTS) is 1. The zero-order chi connectivity index (χ0) is 14.7. The van der Waals surface area contributed by atoms with Crippen LogP contribution in [0.1, 0.15) is 11.6 Å². The van der Waals surface area contributed by atoms with E-state index in [-0.39, 0.29) is 5.69 Å². The number of hydrogen-bond acceptors (Lipinski definition) is 2. The van der Waals surface area contributed by atoms with E-state index < -0.39 is 17.8 Å². The molecule has 0 aliphatic rings. The zero-order valence-corrected chi connectivity index (χ0v) is 12.5. The van der Waals surface area contributed by atoms with Crippen LogP contribution in [-0.2, 0) is 4.79 Å². The summed E-state index contributed by atoms with van der Waals surface area (Å²) < 4.78 is 14.3. The number of carboxylic acids is 1. The van der Waals surface area contributed by atoms with E-state index in [0.29, 0.717) is 15.1 Å². The monoisotopic (exact) mass is 357 g/mol. The molecule has 2 aromatic carbocycles. The highest BCUT2D eigenvalue weighted by Crippen LogP contribution is 2.30. The lowest BCUT2D eigenvalue weighted by molar-refractivity contribution is -0.138. The maximum atomic E-state index is 13.6. The van der Waals surface area contributed by atoms with Gasteiger partial charge in [-0.3, -0.25) is 0 Å². The maximum Gasteiger partial charge on any atom is 0.330 e. The summed E-state index contributed by atoms with van der Waals surface area (Å²) in [7, 11) is 0. The molecule has 104 valence electrons. The average molecular weight is 359 g/mol. The Hall–Kier alpha value is -1.59. The number of halogens is 3. The van der Waals surface area contributed by atoms with Crippen molar-refractivity contribution in [3.8, 4) is 0 Å². The van der Waals surface area contributed by atoms with Crippen molar-refractivity contribution in [2.24, 2.45) is 0 Å². The summed E-state index contributed by atoms with van der Waals surface area (Å²) in [5, 5.41) is 12.3. The highest BCUT2D eigenvalue weighted by Gasteiger charge is 2.23. The van der Waals surface area contributed by atoms with Gasteiger partial charge in [0.25, 0.3) is 0 Å². The fourth-order valence-electron chi connectivity index (χ4n) is 1.74. The second-order valence-corrected chi connectivity index (χ2v) is 5.38. The van der Waals surface area contributed by atoms with Crippen molar-refractivity contribution in [3.05, 3.63) is 63.3 Å². The number of benzene rings is 2. The van der Waals surface area contributed by atoms with E-state index in [2.05, 4.69) is 21.2 Å². The van der Waals surface area contributed by atoms with E-state index in [1.54, 1.807) is 24.3 Å². The van der Waals surface area contributed by atoms with Crippen molar-refractivity contribution in [1.82, 2.24) is 0 Å². The molecule has 0 fully saturated rings. The molecule has 0 amide bonds. The molecule has 0 saturated heterocycles. The van der Waals surface area contributed by atoms with Gasteiger partial charge >= 0.3 is 5.97 Å². The summed E-state index contributed by atoms with van der Waals surface area (Å²) in [6, 6.07) is 9.61. The van der Waals surface area contributed by atoms with Crippen LogP contribution in [0.2, 0.25) is 5.02 Å². The first-order valence-electron chi connectivity index (χ1n) is 5.68. The molecule has 0 radical (unpaired) electrons. The molecule has 0 aliphatic heterocycles. The van der Waals surface area contributed by atoms with Crippen LogP contribution in [0.3, 0.4) is 0 Å². The largest absolute Gasteiger partial charge is 0.479 e. The Kier molecular flexibility index (Phi) is 4.62. The second kappa shape index (κ2) is 6.24. The molecule has 0 aromatic heterocycles. The van der Waals surface area contributed by atoms with Crippen molar-refractivity contribution in [1.29, 1.82) is 0 Å². The predicted octanol–water partition coefficient (Wildman–Crippen LogP) is 4.48. The summed E-state index contributed by atoms with van der Waals surface area (Å²) in [6.07, 6.45) is 0. The lowest BCUT2D eigenvalue weighted by Gasteiger charge is -2.18. The highest BCUT2D eigenvalue weighted by molar-refractivity contribution is 9.10. The molecule has 2 aromatic rings. The van der Waals surface area contributed by atoms with Crippen molar-refractivity contribution < 1.29 is 14.3 Å². The van der Waals surface area contributed by atoms with Crippen molar-refractivity contribution in [3.63, 3.8) is 0 Å². The summed E-state index contributed by atoms with van der Waals surface area (Å²) >= 11 is 9.28. The molecule has 0 spiro atoms. The van der Waals surface area contributed by atoms with E-state index in [4.69, 9.17) is 11.6 Å². The van der Waals surface area contributed by atoms with Gasteiger partial charge in [-0.15, -0.1) is 0 Å². The van der Waals surface area contributed by atoms with Crippen LogP contribution in [0.4, 0.5) is 10.1 Å². The summed E-state index contributed by atoms with van der Waals surface area (Å²) in [4.78, 5) is 11.4. The molecule has 3 nitrogen and oxygen atoms in total. The first-order valence-corrected chi connectivity index (χ1v) is 6.85. The van der Waals surface area contributed by atoms with Crippen LogP contribution < -0.4 is 5.32 Å². The van der Waals surface area contributed by atoms with Crippen LogP contribution in [-0.4, -0.2) is 11.1 Å². The molecule has 0 saturated carbocycles. The Balaban J connectivity index is 2.40. The van der Waals surface area contributed by atoms with Crippen LogP contribution >= 0.6 is 27.5 Å². The fraction of sp³-hybridized carbons (Fsp3) is 0.0714. The number of nitrogens with one attached hydrogen (secondary N) is 1. The molecule has 0 heterocycles. The van der Waals surface area contributed by atoms with Crippen LogP contribution in [0.15, 0.2) is 46.9 Å². The lowest BCUT2D eigenvalue weighted by Crippen LogP contribution is -2.21. The van der Waals surface area contributed by atoms with Gasteiger partial charge < -0.3 is 10.4 Å². The third-order valence-corrected chi connectivity index (χ3v) is 3.53. The van der Waals surface area contributed by atoms with E-state index in [1.807, 2.05) is 0 Å². The Morgan fingerprint density at radius 3 is 2.65 bits per heavy atom. The molecular weight excluding hydrogens is 349 g/mol. The Morgan fingerprint density at radius 2 is 2.00 bits per heavy atom. The first kappa shape index (κ1) is 14.8. The Labute approximate surface area is 128 Å². The summed E-state index contributed by atoms with van der Waals surface area (Å²) in [6.45, 7) is 0. The van der Waals surface area contributed by atoms with Gasteiger partial charge in [-0.25, -0.2) is 9.18 Å². The topological polar surface area (TPSA) is 49.3 Å². The Morgan fingerprint density at radius 1 is 1.30 bits per heavy atom. The summed E-state index contributed by atoms with van der Waals surface area (Å²) in [5.41, 5.74) is 0.465. The molecule has 20 heavy (non-hydrogen) atoms. The van der Waals surface area contributed by atoms with Crippen molar-refractivity contribution >= 4 is 39.2 Å². The number of para-hydroxylation sites is 1. The maximum absolute atomic E-state index is 13.6. The zero-order valence-electron chi connectivity index (χ0n) is 10.1. The van der Waals surface area contributed by atoms with Gasteiger partial charge in [0.15, 0.2) is 6.04 Å². The van der Waals surface area contributed by atoms with Crippen molar-refractivity contribution in [2.45, 2.75) is 6.04 Å². The molecule has 0 aliphatic carbocycles. The van der Waals surface area contributed by atoms with Gasteiger partial charge in [0.1, 0.15) is 5.82 Å². The number of carbonyl (C=O) groups is 1.